The summed E-state index contributed by atoms with van der Waals surface area (Å²) in [5.74, 6) is 0.657. The molecule has 1 N–H and O–H groups in total. The van der Waals surface area contributed by atoms with E-state index in [-0.39, 0.29) is 12.8 Å². The molecule has 1 saturated heterocycles. The number of fused-ring (bicyclic) bond motifs is 2. The largest absolute Gasteiger partial charge is 0.480 e. The number of carboxylic acid groups (broad SMARTS) is 1. The van der Waals surface area contributed by atoms with Gasteiger partial charge in [0.1, 0.15) is 6.04 Å². The summed E-state index contributed by atoms with van der Waals surface area (Å²) in [6, 6.07) is 15.2. The van der Waals surface area contributed by atoms with Crippen LogP contribution in [0.25, 0.3) is 10.9 Å². The van der Waals surface area contributed by atoms with Crippen LogP contribution in [0.2, 0.25) is 0 Å². The van der Waals surface area contributed by atoms with Gasteiger partial charge in [-0.25, -0.2) is 0 Å². The highest BCUT2D eigenvalue weighted by Crippen LogP contribution is 2.41. The molecule has 3 aromatic rings. The summed E-state index contributed by atoms with van der Waals surface area (Å²) in [6.45, 7) is 0.940. The average molecular weight is 390 g/mol. The number of rotatable bonds is 4. The Hall–Kier alpha value is -3.12. The second-order valence-electron chi connectivity index (χ2n) is 7.52. The number of hydrogen-bond acceptors (Lipinski definition) is 5. The Morgan fingerprint density at radius 3 is 2.86 bits per heavy atom. The van der Waals surface area contributed by atoms with Gasteiger partial charge in [-0.3, -0.25) is 14.7 Å². The van der Waals surface area contributed by atoms with Gasteiger partial charge in [-0.1, -0.05) is 30.7 Å². The highest BCUT2D eigenvalue weighted by molar-refractivity contribution is 5.83. The van der Waals surface area contributed by atoms with Crippen molar-refractivity contribution < 1.29 is 19.4 Å². The van der Waals surface area contributed by atoms with Crippen LogP contribution in [-0.4, -0.2) is 40.3 Å². The third-order valence-electron chi connectivity index (χ3n) is 5.85. The van der Waals surface area contributed by atoms with Crippen molar-refractivity contribution in [1.29, 1.82) is 0 Å². The SMILES string of the molecule is O=C(O)C1CCCCN1C(c1ccc2c(c1)OCO2)c1ccnc2ccccc12. The van der Waals surface area contributed by atoms with E-state index in [0.29, 0.717) is 12.2 Å². The van der Waals surface area contributed by atoms with Crippen LogP contribution in [0.4, 0.5) is 0 Å². The van der Waals surface area contributed by atoms with Crippen LogP contribution in [0.1, 0.15) is 36.4 Å². The summed E-state index contributed by atoms with van der Waals surface area (Å²) in [4.78, 5) is 18.7. The molecule has 2 aliphatic rings. The Kier molecular flexibility index (Phi) is 4.56. The van der Waals surface area contributed by atoms with Crippen LogP contribution in [0, 0.1) is 0 Å². The second-order valence-corrected chi connectivity index (χ2v) is 7.52. The maximum Gasteiger partial charge on any atom is 0.320 e. The molecule has 2 atom stereocenters. The molecule has 0 aliphatic carbocycles. The van der Waals surface area contributed by atoms with Gasteiger partial charge in [0.2, 0.25) is 6.79 Å². The summed E-state index contributed by atoms with van der Waals surface area (Å²) < 4.78 is 11.1. The predicted octanol–water partition coefficient (Wildman–Crippen LogP) is 3.99. The fraction of sp³-hybridized carbons (Fsp3) is 0.304. The topological polar surface area (TPSA) is 71.9 Å². The molecule has 1 fully saturated rings. The van der Waals surface area contributed by atoms with Gasteiger partial charge in [-0.05, 0) is 54.8 Å². The normalized spacial score (nSPS) is 19.9. The van der Waals surface area contributed by atoms with Gasteiger partial charge < -0.3 is 14.6 Å². The van der Waals surface area contributed by atoms with Crippen LogP contribution >= 0.6 is 0 Å². The maximum atomic E-state index is 12.1. The number of para-hydroxylation sites is 1. The van der Waals surface area contributed by atoms with Crippen molar-refractivity contribution in [3.63, 3.8) is 0 Å². The van der Waals surface area contributed by atoms with Crippen molar-refractivity contribution >= 4 is 16.9 Å². The number of pyridine rings is 1. The lowest BCUT2D eigenvalue weighted by molar-refractivity contribution is -0.145. The first kappa shape index (κ1) is 17.9. The number of benzene rings is 2. The zero-order valence-electron chi connectivity index (χ0n) is 16.0. The number of carboxylic acids is 1. The van der Waals surface area contributed by atoms with Crippen LogP contribution < -0.4 is 9.47 Å². The third-order valence-corrected chi connectivity index (χ3v) is 5.85. The average Bonchev–Trinajstić information content (AvgIpc) is 3.22. The maximum absolute atomic E-state index is 12.1. The number of likely N-dealkylation sites (tertiary alicyclic amines) is 1. The van der Waals surface area contributed by atoms with Crippen LogP contribution in [0.5, 0.6) is 11.5 Å². The Morgan fingerprint density at radius 1 is 1.10 bits per heavy atom. The van der Waals surface area contributed by atoms with E-state index < -0.39 is 12.0 Å². The van der Waals surface area contributed by atoms with Crippen molar-refractivity contribution in [3.8, 4) is 11.5 Å². The van der Waals surface area contributed by atoms with Crippen molar-refractivity contribution in [2.75, 3.05) is 13.3 Å². The van der Waals surface area contributed by atoms with Crippen LogP contribution in [0.15, 0.2) is 54.7 Å². The first-order valence-corrected chi connectivity index (χ1v) is 9.94. The van der Waals surface area contributed by atoms with E-state index in [1.54, 1.807) is 6.20 Å². The highest BCUT2D eigenvalue weighted by atomic mass is 16.7. The number of piperidine rings is 1. The molecule has 0 spiro atoms. The van der Waals surface area contributed by atoms with Crippen molar-refractivity contribution in [2.45, 2.75) is 31.3 Å². The summed E-state index contributed by atoms with van der Waals surface area (Å²) in [5, 5.41) is 11.0. The van der Waals surface area contributed by atoms with Crippen molar-refractivity contribution in [3.05, 3.63) is 65.9 Å². The van der Waals surface area contributed by atoms with E-state index in [0.717, 1.165) is 47.2 Å². The minimum atomic E-state index is -0.770. The van der Waals surface area contributed by atoms with Gasteiger partial charge in [0.05, 0.1) is 11.6 Å². The molecule has 5 rings (SSSR count). The molecule has 3 heterocycles. The number of nitrogens with zero attached hydrogens (tertiary/aromatic N) is 2. The molecule has 0 bridgehead atoms. The van der Waals surface area contributed by atoms with Crippen LogP contribution in [-0.2, 0) is 4.79 Å². The fourth-order valence-electron chi connectivity index (χ4n) is 4.52. The highest BCUT2D eigenvalue weighted by Gasteiger charge is 2.36. The van der Waals surface area contributed by atoms with Gasteiger partial charge in [-0.2, -0.15) is 0 Å². The lowest BCUT2D eigenvalue weighted by Gasteiger charge is -2.40. The van der Waals surface area contributed by atoms with E-state index in [1.165, 1.54) is 0 Å². The molecule has 6 heteroatoms. The lowest BCUT2D eigenvalue weighted by atomic mass is 9.90. The molecule has 0 amide bonds. The van der Waals surface area contributed by atoms with Gasteiger partial charge in [0.25, 0.3) is 0 Å². The van der Waals surface area contributed by atoms with Crippen LogP contribution in [0.3, 0.4) is 0 Å². The third kappa shape index (κ3) is 3.19. The molecule has 1 aromatic heterocycles. The predicted molar refractivity (Wildman–Crippen MR) is 108 cm³/mol. The summed E-state index contributed by atoms with van der Waals surface area (Å²) in [6.07, 6.45) is 4.36. The van der Waals surface area contributed by atoms with Crippen molar-refractivity contribution in [1.82, 2.24) is 9.88 Å². The molecule has 2 aliphatic heterocycles. The smallest absolute Gasteiger partial charge is 0.320 e. The van der Waals surface area contributed by atoms with E-state index >= 15 is 0 Å². The quantitative estimate of drug-likeness (QED) is 0.726. The molecule has 2 unspecified atom stereocenters. The fourth-order valence-corrected chi connectivity index (χ4v) is 4.52. The van der Waals surface area contributed by atoms with E-state index in [1.807, 2.05) is 42.5 Å². The second kappa shape index (κ2) is 7.37. The Bertz CT molecular complexity index is 1060. The minimum absolute atomic E-state index is 0.209. The van der Waals surface area contributed by atoms with E-state index in [2.05, 4.69) is 16.0 Å². The minimum Gasteiger partial charge on any atom is -0.480 e. The zero-order valence-corrected chi connectivity index (χ0v) is 16.0. The summed E-state index contributed by atoms with van der Waals surface area (Å²) in [5.41, 5.74) is 2.96. The van der Waals surface area contributed by atoms with E-state index in [4.69, 9.17) is 9.47 Å². The molecule has 0 saturated carbocycles. The van der Waals surface area contributed by atoms with Gasteiger partial charge in [-0.15, -0.1) is 0 Å². The van der Waals surface area contributed by atoms with Gasteiger partial charge in [0, 0.05) is 11.6 Å². The molecule has 29 heavy (non-hydrogen) atoms. The first-order chi connectivity index (χ1) is 14.2. The summed E-state index contributed by atoms with van der Waals surface area (Å²) in [7, 11) is 0. The molecule has 6 nitrogen and oxygen atoms in total. The number of aromatic nitrogens is 1. The number of ether oxygens (including phenoxy) is 2. The molecule has 0 radical (unpaired) electrons. The Labute approximate surface area is 168 Å². The van der Waals surface area contributed by atoms with Crippen molar-refractivity contribution in [2.24, 2.45) is 0 Å². The summed E-state index contributed by atoms with van der Waals surface area (Å²) >= 11 is 0. The van der Waals surface area contributed by atoms with E-state index in [9.17, 15) is 9.90 Å². The van der Waals surface area contributed by atoms with Gasteiger partial charge >= 0.3 is 5.97 Å². The molecule has 2 aromatic carbocycles. The monoisotopic (exact) mass is 390 g/mol. The standard InChI is InChI=1S/C23H22N2O4/c26-23(27)19-7-3-4-12-25(19)22(15-8-9-20-21(13-15)29-14-28-20)17-10-11-24-18-6-2-1-5-16(17)18/h1-2,5-6,8-11,13,19,22H,3-4,7,12,14H2,(H,26,27). The molecular weight excluding hydrogens is 368 g/mol. The molecular formula is C23H22N2O4. The Balaban J connectivity index is 1.69. The number of aliphatic carboxylic acids is 1. The molecule has 148 valence electrons. The zero-order chi connectivity index (χ0) is 19.8. The van der Waals surface area contributed by atoms with Gasteiger partial charge in [0.15, 0.2) is 11.5 Å². The Morgan fingerprint density at radius 2 is 1.97 bits per heavy atom. The lowest BCUT2D eigenvalue weighted by Crippen LogP contribution is -2.46. The number of hydrogen-bond donors (Lipinski definition) is 1. The first-order valence-electron chi connectivity index (χ1n) is 9.94. The number of carbonyl (C=O) groups is 1.